The van der Waals surface area contributed by atoms with E-state index in [0.29, 0.717) is 6.42 Å². The molecule has 0 bridgehead atoms. The fourth-order valence-electron chi connectivity index (χ4n) is 1.93. The lowest BCUT2D eigenvalue weighted by Gasteiger charge is -2.19. The van der Waals surface area contributed by atoms with Crippen molar-refractivity contribution >= 4 is 17.6 Å². The number of ketones is 1. The number of Topliss-reactive ketones (excluding diaryl/α,β-unsaturated/α-hetero) is 1. The van der Waals surface area contributed by atoms with Gasteiger partial charge in [-0.05, 0) is 33.8 Å². The van der Waals surface area contributed by atoms with Gasteiger partial charge in [-0.2, -0.15) is 0 Å². The van der Waals surface area contributed by atoms with Gasteiger partial charge in [0.05, 0.1) is 0 Å². The summed E-state index contributed by atoms with van der Waals surface area (Å²) >= 11 is 0. The second kappa shape index (κ2) is 12.6. The quantitative estimate of drug-likeness (QED) is 0.334. The third-order valence-corrected chi connectivity index (χ3v) is 2.82. The van der Waals surface area contributed by atoms with Gasteiger partial charge in [-0.15, -0.1) is 0 Å². The number of carbonyl (C=O) groups is 3. The van der Waals surface area contributed by atoms with Gasteiger partial charge in [0.25, 0.3) is 0 Å². The van der Waals surface area contributed by atoms with Gasteiger partial charge in [-0.1, -0.05) is 33.6 Å². The summed E-state index contributed by atoms with van der Waals surface area (Å²) in [6.45, 7) is 15.2. The molecule has 1 atom stereocenters. The second-order valence-electron chi connectivity index (χ2n) is 6.27. The molecule has 0 spiro atoms. The Morgan fingerprint density at radius 2 is 1.83 bits per heavy atom. The van der Waals surface area contributed by atoms with Crippen LogP contribution in [-0.4, -0.2) is 23.2 Å². The van der Waals surface area contributed by atoms with Crippen molar-refractivity contribution in [2.75, 3.05) is 0 Å². The topological polar surface area (TPSA) is 98.5 Å². The molecule has 1 heterocycles. The Bertz CT molecular complexity index is 425. The van der Waals surface area contributed by atoms with Crippen LogP contribution >= 0.6 is 0 Å². The molecule has 1 rings (SSSR count). The highest BCUT2D eigenvalue weighted by atomic mass is 16.5. The molecule has 3 N–H and O–H groups in total. The lowest BCUT2D eigenvalue weighted by Crippen LogP contribution is -2.26. The minimum atomic E-state index is -0.709. The summed E-state index contributed by atoms with van der Waals surface area (Å²) in [7, 11) is 0. The van der Waals surface area contributed by atoms with Crippen LogP contribution in [0.15, 0.2) is 12.5 Å². The van der Waals surface area contributed by atoms with E-state index in [-0.39, 0.29) is 29.6 Å². The first-order valence-corrected chi connectivity index (χ1v) is 8.56. The molecule has 0 aliphatic carbocycles. The Balaban J connectivity index is 0. The average Bonchev–Trinajstić information content (AvgIpc) is 2.78. The molecule has 0 aromatic heterocycles. The zero-order valence-corrected chi connectivity index (χ0v) is 16.0. The predicted molar refractivity (Wildman–Crippen MR) is 95.9 cm³/mol. The summed E-state index contributed by atoms with van der Waals surface area (Å²) in [6, 6.07) is 0. The number of hydrogen-bond donors (Lipinski definition) is 2. The summed E-state index contributed by atoms with van der Waals surface area (Å²) < 4.78 is 5.02. The molecule has 140 valence electrons. The normalized spacial score (nSPS) is 16.2. The Morgan fingerprint density at radius 1 is 1.29 bits per heavy atom. The van der Waals surface area contributed by atoms with Crippen molar-refractivity contribution in [1.82, 2.24) is 5.32 Å². The van der Waals surface area contributed by atoms with Crippen LogP contribution in [0.5, 0.6) is 0 Å². The standard InChI is InChI=1S/C10H15NO3.C6H13NO.C2H6/c1-2-3-4-5-8(12)7-6-9(13)11-10(7)14;1-5(7)8-6(2,3)4;1-2/h7H,2-6H2,1H3,(H,11,13,14);1,7H2,2-4H3;1-2H3. The lowest BCUT2D eigenvalue weighted by molar-refractivity contribution is -0.131. The molecule has 1 aliphatic rings. The number of unbranched alkanes of at least 4 members (excludes halogenated alkanes) is 2. The van der Waals surface area contributed by atoms with E-state index in [1.165, 1.54) is 0 Å². The Kier molecular flexibility index (Phi) is 12.8. The smallest absolute Gasteiger partial charge is 0.237 e. The van der Waals surface area contributed by atoms with Crippen LogP contribution in [0.1, 0.15) is 73.6 Å². The number of rotatable bonds is 6. The largest absolute Gasteiger partial charge is 0.474 e. The van der Waals surface area contributed by atoms with Crippen LogP contribution in [0.2, 0.25) is 0 Å². The van der Waals surface area contributed by atoms with Gasteiger partial charge in [-0.3, -0.25) is 19.7 Å². The SMILES string of the molecule is C=C(N)OC(C)(C)C.CC.CCCCCC(=O)C1CC(=O)NC1=O. The minimum Gasteiger partial charge on any atom is -0.474 e. The second-order valence-corrected chi connectivity index (χ2v) is 6.27. The van der Waals surface area contributed by atoms with Gasteiger partial charge in [-0.25, -0.2) is 0 Å². The maximum Gasteiger partial charge on any atom is 0.237 e. The summed E-state index contributed by atoms with van der Waals surface area (Å²) in [6.07, 6.45) is 3.31. The molecule has 0 radical (unpaired) electrons. The van der Waals surface area contributed by atoms with E-state index < -0.39 is 11.8 Å². The first kappa shape index (κ1) is 24.4. The van der Waals surface area contributed by atoms with E-state index in [1.807, 2.05) is 34.6 Å². The third-order valence-electron chi connectivity index (χ3n) is 2.82. The predicted octanol–water partition coefficient (Wildman–Crippen LogP) is 3.06. The van der Waals surface area contributed by atoms with Crippen molar-refractivity contribution < 1.29 is 19.1 Å². The van der Waals surface area contributed by atoms with Crippen LogP contribution < -0.4 is 11.1 Å². The number of carbonyl (C=O) groups excluding carboxylic acids is 3. The van der Waals surface area contributed by atoms with Crippen molar-refractivity contribution in [3.05, 3.63) is 12.5 Å². The van der Waals surface area contributed by atoms with Crippen LogP contribution in [0, 0.1) is 5.92 Å². The Morgan fingerprint density at radius 3 is 2.12 bits per heavy atom. The molecule has 6 heteroatoms. The highest BCUT2D eigenvalue weighted by Gasteiger charge is 2.35. The first-order valence-electron chi connectivity index (χ1n) is 8.56. The van der Waals surface area contributed by atoms with E-state index >= 15 is 0 Å². The molecular weight excluding hydrogens is 308 g/mol. The van der Waals surface area contributed by atoms with Crippen LogP contribution in [0.3, 0.4) is 0 Å². The van der Waals surface area contributed by atoms with E-state index in [4.69, 9.17) is 10.5 Å². The van der Waals surface area contributed by atoms with Gasteiger partial charge in [0.15, 0.2) is 5.88 Å². The minimum absolute atomic E-state index is 0.0454. The van der Waals surface area contributed by atoms with E-state index in [9.17, 15) is 14.4 Å². The molecule has 6 nitrogen and oxygen atoms in total. The van der Waals surface area contributed by atoms with Crippen molar-refractivity contribution in [1.29, 1.82) is 0 Å². The molecule has 1 unspecified atom stereocenters. The highest BCUT2D eigenvalue weighted by Crippen LogP contribution is 2.15. The maximum absolute atomic E-state index is 11.5. The van der Waals surface area contributed by atoms with Crippen LogP contribution in [0.25, 0.3) is 0 Å². The molecule has 0 saturated carbocycles. The van der Waals surface area contributed by atoms with Gasteiger partial charge in [0.1, 0.15) is 17.3 Å². The van der Waals surface area contributed by atoms with Crippen LogP contribution in [-0.2, 0) is 19.1 Å². The van der Waals surface area contributed by atoms with Crippen molar-refractivity contribution in [3.8, 4) is 0 Å². The zero-order chi connectivity index (χ0) is 19.3. The molecule has 1 fully saturated rings. The van der Waals surface area contributed by atoms with E-state index in [2.05, 4.69) is 18.8 Å². The van der Waals surface area contributed by atoms with Gasteiger partial charge < -0.3 is 10.5 Å². The van der Waals surface area contributed by atoms with E-state index in [1.54, 1.807) is 0 Å². The summed E-state index contributed by atoms with van der Waals surface area (Å²) in [5.41, 5.74) is 4.96. The number of hydrogen-bond acceptors (Lipinski definition) is 5. The van der Waals surface area contributed by atoms with Crippen molar-refractivity contribution in [3.63, 3.8) is 0 Å². The molecule has 2 amide bonds. The molecular formula is C18H34N2O4. The summed E-state index contributed by atoms with van der Waals surface area (Å²) in [5.74, 6) is -1.28. The molecule has 1 aliphatic heterocycles. The summed E-state index contributed by atoms with van der Waals surface area (Å²) in [4.78, 5) is 33.4. The van der Waals surface area contributed by atoms with Gasteiger partial charge in [0, 0.05) is 12.8 Å². The fourth-order valence-corrected chi connectivity index (χ4v) is 1.93. The number of imide groups is 1. The molecule has 0 aromatic rings. The highest BCUT2D eigenvalue weighted by molar-refractivity contribution is 6.14. The van der Waals surface area contributed by atoms with Crippen molar-refractivity contribution in [2.24, 2.45) is 11.7 Å². The molecule has 0 aromatic carbocycles. The third kappa shape index (κ3) is 12.7. The fraction of sp³-hybridized carbons (Fsp3) is 0.722. The number of nitrogens with one attached hydrogen (secondary N) is 1. The monoisotopic (exact) mass is 342 g/mol. The Hall–Kier alpha value is -1.85. The number of ether oxygens (including phenoxy) is 1. The zero-order valence-electron chi connectivity index (χ0n) is 16.0. The Labute approximate surface area is 146 Å². The molecule has 24 heavy (non-hydrogen) atoms. The summed E-state index contributed by atoms with van der Waals surface area (Å²) in [5, 5.41) is 2.14. The first-order chi connectivity index (χ1) is 11.1. The van der Waals surface area contributed by atoms with Gasteiger partial charge >= 0.3 is 0 Å². The van der Waals surface area contributed by atoms with Gasteiger partial charge in [0.2, 0.25) is 11.8 Å². The average molecular weight is 342 g/mol. The number of amides is 2. The number of nitrogens with two attached hydrogens (primary N) is 1. The molecule has 1 saturated heterocycles. The van der Waals surface area contributed by atoms with Crippen molar-refractivity contribution in [2.45, 2.75) is 79.2 Å². The van der Waals surface area contributed by atoms with Crippen LogP contribution in [0.4, 0.5) is 0 Å². The van der Waals surface area contributed by atoms with E-state index in [0.717, 1.165) is 19.3 Å². The maximum atomic E-state index is 11.5. The lowest BCUT2D eigenvalue weighted by atomic mass is 9.98.